The molecule has 0 aromatic heterocycles. The molecule has 1 fully saturated rings. The lowest BCUT2D eigenvalue weighted by Crippen LogP contribution is -2.45. The summed E-state index contributed by atoms with van der Waals surface area (Å²) in [7, 11) is 0. The number of amides is 2. The molecule has 1 saturated heterocycles. The van der Waals surface area contributed by atoms with Gasteiger partial charge in [-0.2, -0.15) is 0 Å². The van der Waals surface area contributed by atoms with E-state index >= 15 is 0 Å². The molecule has 6 heteroatoms. The molecule has 0 spiro atoms. The molecule has 2 atom stereocenters. The quantitative estimate of drug-likeness (QED) is 0.858. The maximum atomic E-state index is 13.0. The molecular formula is C15H19FN2O3. The zero-order valence-electron chi connectivity index (χ0n) is 11.9. The van der Waals surface area contributed by atoms with E-state index in [1.165, 1.54) is 18.2 Å². The van der Waals surface area contributed by atoms with Gasteiger partial charge in [0, 0.05) is 12.2 Å². The molecule has 2 unspecified atom stereocenters. The average Bonchev–Trinajstić information content (AvgIpc) is 2.99. The van der Waals surface area contributed by atoms with Crippen LogP contribution in [-0.2, 0) is 9.53 Å². The molecule has 5 nitrogen and oxygen atoms in total. The summed E-state index contributed by atoms with van der Waals surface area (Å²) >= 11 is 0. The van der Waals surface area contributed by atoms with Gasteiger partial charge in [0.15, 0.2) is 0 Å². The SMILES string of the molecule is CC(NC(=O)CNC(=O)c1cccc(F)c1)C1CCCO1. The number of rotatable bonds is 5. The Labute approximate surface area is 122 Å². The first-order valence-electron chi connectivity index (χ1n) is 7.01. The summed E-state index contributed by atoms with van der Waals surface area (Å²) in [6.07, 6.45) is 1.96. The molecule has 1 heterocycles. The first kappa shape index (κ1) is 15.4. The van der Waals surface area contributed by atoms with E-state index in [4.69, 9.17) is 4.74 Å². The van der Waals surface area contributed by atoms with Crippen LogP contribution in [0.4, 0.5) is 4.39 Å². The Balaban J connectivity index is 1.76. The van der Waals surface area contributed by atoms with Crippen molar-refractivity contribution >= 4 is 11.8 Å². The van der Waals surface area contributed by atoms with Gasteiger partial charge in [-0.05, 0) is 38.0 Å². The largest absolute Gasteiger partial charge is 0.376 e. The van der Waals surface area contributed by atoms with Crippen LogP contribution in [0.5, 0.6) is 0 Å². The van der Waals surface area contributed by atoms with Crippen LogP contribution < -0.4 is 10.6 Å². The highest BCUT2D eigenvalue weighted by atomic mass is 19.1. The van der Waals surface area contributed by atoms with Crippen molar-refractivity contribution in [3.05, 3.63) is 35.6 Å². The average molecular weight is 294 g/mol. The molecule has 0 radical (unpaired) electrons. The monoisotopic (exact) mass is 294 g/mol. The van der Waals surface area contributed by atoms with Crippen LogP contribution in [-0.4, -0.2) is 37.1 Å². The Morgan fingerprint density at radius 3 is 2.95 bits per heavy atom. The topological polar surface area (TPSA) is 67.4 Å². The highest BCUT2D eigenvalue weighted by molar-refractivity contribution is 5.96. The third-order valence-corrected chi connectivity index (χ3v) is 3.41. The van der Waals surface area contributed by atoms with E-state index in [1.807, 2.05) is 6.92 Å². The molecule has 1 aliphatic rings. The fourth-order valence-electron chi connectivity index (χ4n) is 2.29. The van der Waals surface area contributed by atoms with Crippen LogP contribution in [0.25, 0.3) is 0 Å². The number of carbonyl (C=O) groups excluding carboxylic acids is 2. The second-order valence-electron chi connectivity index (χ2n) is 5.10. The summed E-state index contributed by atoms with van der Waals surface area (Å²) < 4.78 is 18.5. The summed E-state index contributed by atoms with van der Waals surface area (Å²) in [4.78, 5) is 23.5. The fourth-order valence-corrected chi connectivity index (χ4v) is 2.29. The second kappa shape index (κ2) is 7.17. The number of benzene rings is 1. The van der Waals surface area contributed by atoms with E-state index in [1.54, 1.807) is 0 Å². The standard InChI is InChI=1S/C15H19FN2O3/c1-10(13-6-3-7-21-13)18-14(19)9-17-15(20)11-4-2-5-12(16)8-11/h2,4-5,8,10,13H,3,6-7,9H2,1H3,(H,17,20)(H,18,19). The fraction of sp³-hybridized carbons (Fsp3) is 0.467. The Morgan fingerprint density at radius 2 is 2.29 bits per heavy atom. The van der Waals surface area contributed by atoms with Gasteiger partial charge in [-0.3, -0.25) is 9.59 Å². The molecule has 21 heavy (non-hydrogen) atoms. The molecule has 2 rings (SSSR count). The number of hydrogen-bond acceptors (Lipinski definition) is 3. The van der Waals surface area contributed by atoms with E-state index in [9.17, 15) is 14.0 Å². The summed E-state index contributed by atoms with van der Waals surface area (Å²) in [6.45, 7) is 2.45. The lowest BCUT2D eigenvalue weighted by Gasteiger charge is -2.20. The lowest BCUT2D eigenvalue weighted by molar-refractivity contribution is -0.121. The second-order valence-corrected chi connectivity index (χ2v) is 5.10. The smallest absolute Gasteiger partial charge is 0.251 e. The Hall–Kier alpha value is -1.95. The first-order chi connectivity index (χ1) is 10.1. The molecule has 114 valence electrons. The Bertz CT molecular complexity index is 515. The minimum absolute atomic E-state index is 0.0351. The summed E-state index contributed by atoms with van der Waals surface area (Å²) in [5.74, 6) is -1.25. The molecule has 2 N–H and O–H groups in total. The van der Waals surface area contributed by atoms with Crippen LogP contribution in [0.1, 0.15) is 30.1 Å². The molecule has 2 amide bonds. The minimum Gasteiger partial charge on any atom is -0.376 e. The molecule has 1 aromatic rings. The molecule has 0 bridgehead atoms. The first-order valence-corrected chi connectivity index (χ1v) is 7.01. The number of ether oxygens (including phenoxy) is 1. The summed E-state index contributed by atoms with van der Waals surface area (Å²) in [5, 5.41) is 5.25. The van der Waals surface area contributed by atoms with Crippen LogP contribution in [0.15, 0.2) is 24.3 Å². The molecule has 1 aromatic carbocycles. The molecule has 0 saturated carbocycles. The predicted octanol–water partition coefficient (Wildman–Crippen LogP) is 1.24. The van der Waals surface area contributed by atoms with Gasteiger partial charge in [-0.25, -0.2) is 4.39 Å². The zero-order valence-corrected chi connectivity index (χ0v) is 11.9. The molecule has 1 aliphatic heterocycles. The van der Waals surface area contributed by atoms with Crippen molar-refractivity contribution in [3.8, 4) is 0 Å². The number of carbonyl (C=O) groups is 2. The van der Waals surface area contributed by atoms with Crippen molar-refractivity contribution < 1.29 is 18.7 Å². The zero-order chi connectivity index (χ0) is 15.2. The third-order valence-electron chi connectivity index (χ3n) is 3.41. The maximum absolute atomic E-state index is 13.0. The maximum Gasteiger partial charge on any atom is 0.251 e. The minimum atomic E-state index is -0.487. The Morgan fingerprint density at radius 1 is 1.48 bits per heavy atom. The van der Waals surface area contributed by atoms with Crippen LogP contribution >= 0.6 is 0 Å². The van der Waals surface area contributed by atoms with Crippen molar-refractivity contribution in [1.82, 2.24) is 10.6 Å². The van der Waals surface area contributed by atoms with Gasteiger partial charge in [0.2, 0.25) is 5.91 Å². The lowest BCUT2D eigenvalue weighted by atomic mass is 10.1. The molecule has 0 aliphatic carbocycles. The van der Waals surface area contributed by atoms with E-state index < -0.39 is 11.7 Å². The Kier molecular flexibility index (Phi) is 5.27. The molecular weight excluding hydrogens is 275 g/mol. The van der Waals surface area contributed by atoms with Crippen molar-refractivity contribution in [1.29, 1.82) is 0 Å². The van der Waals surface area contributed by atoms with Gasteiger partial charge < -0.3 is 15.4 Å². The number of hydrogen-bond donors (Lipinski definition) is 2. The van der Waals surface area contributed by atoms with Crippen molar-refractivity contribution in [3.63, 3.8) is 0 Å². The van der Waals surface area contributed by atoms with Crippen molar-refractivity contribution in [2.45, 2.75) is 31.9 Å². The van der Waals surface area contributed by atoms with Crippen LogP contribution in [0.3, 0.4) is 0 Å². The van der Waals surface area contributed by atoms with Crippen molar-refractivity contribution in [2.24, 2.45) is 0 Å². The van der Waals surface area contributed by atoms with E-state index in [2.05, 4.69) is 10.6 Å². The summed E-state index contributed by atoms with van der Waals surface area (Å²) in [5.41, 5.74) is 0.190. The third kappa shape index (κ3) is 4.53. The number of nitrogens with one attached hydrogen (secondary N) is 2. The number of halogens is 1. The van der Waals surface area contributed by atoms with Gasteiger partial charge in [-0.1, -0.05) is 6.07 Å². The van der Waals surface area contributed by atoms with Gasteiger partial charge in [0.1, 0.15) is 5.82 Å². The van der Waals surface area contributed by atoms with Crippen LogP contribution in [0.2, 0.25) is 0 Å². The summed E-state index contributed by atoms with van der Waals surface area (Å²) in [6, 6.07) is 5.23. The van der Waals surface area contributed by atoms with Gasteiger partial charge in [-0.15, -0.1) is 0 Å². The highest BCUT2D eigenvalue weighted by Gasteiger charge is 2.23. The van der Waals surface area contributed by atoms with Gasteiger partial charge >= 0.3 is 0 Å². The van der Waals surface area contributed by atoms with Crippen LogP contribution in [0, 0.1) is 5.82 Å². The van der Waals surface area contributed by atoms with Gasteiger partial charge in [0.05, 0.1) is 18.7 Å². The predicted molar refractivity (Wildman–Crippen MR) is 75.3 cm³/mol. The van der Waals surface area contributed by atoms with Gasteiger partial charge in [0.25, 0.3) is 5.91 Å². The van der Waals surface area contributed by atoms with Crippen molar-refractivity contribution in [2.75, 3.05) is 13.2 Å². The normalized spacial score (nSPS) is 19.0. The van der Waals surface area contributed by atoms with E-state index in [0.717, 1.165) is 25.5 Å². The van der Waals surface area contributed by atoms with E-state index in [-0.39, 0.29) is 30.2 Å². The highest BCUT2D eigenvalue weighted by Crippen LogP contribution is 2.15. The van der Waals surface area contributed by atoms with E-state index in [0.29, 0.717) is 0 Å².